The lowest BCUT2D eigenvalue weighted by Crippen LogP contribution is -2.30. The maximum Gasteiger partial charge on any atom is 0.272 e. The molecular weight excluding hydrogens is 409 g/mol. The van der Waals surface area contributed by atoms with E-state index in [0.29, 0.717) is 35.4 Å². The zero-order valence-corrected chi connectivity index (χ0v) is 17.1. The Morgan fingerprint density at radius 1 is 1.28 bits per heavy atom. The molecule has 1 aliphatic rings. The zero-order chi connectivity index (χ0) is 20.4. The minimum Gasteiger partial charge on any atom is -0.350 e. The van der Waals surface area contributed by atoms with Gasteiger partial charge in [0.2, 0.25) is 0 Å². The molecule has 0 spiro atoms. The maximum absolute atomic E-state index is 12.8. The molecule has 29 heavy (non-hydrogen) atoms. The third kappa shape index (κ3) is 4.16. The third-order valence-electron chi connectivity index (χ3n) is 5.19. The van der Waals surface area contributed by atoms with Crippen LogP contribution in [0.1, 0.15) is 22.5 Å². The van der Waals surface area contributed by atoms with Crippen LogP contribution in [-0.2, 0) is 6.54 Å². The summed E-state index contributed by atoms with van der Waals surface area (Å²) in [5.74, 6) is 0.0670. The van der Waals surface area contributed by atoms with Crippen LogP contribution >= 0.6 is 23.2 Å². The largest absolute Gasteiger partial charge is 0.350 e. The van der Waals surface area contributed by atoms with Crippen molar-refractivity contribution in [3.8, 4) is 6.19 Å². The summed E-state index contributed by atoms with van der Waals surface area (Å²) in [6.07, 6.45) is 3.06. The lowest BCUT2D eigenvalue weighted by atomic mass is 10.1. The minimum atomic E-state index is -0.211. The number of aromatic nitrogens is 2. The molecule has 2 aromatic carbocycles. The Morgan fingerprint density at radius 3 is 2.86 bits per heavy atom. The molecule has 0 aliphatic carbocycles. The van der Waals surface area contributed by atoms with Gasteiger partial charge in [0.05, 0.1) is 12.1 Å². The van der Waals surface area contributed by atoms with Crippen LogP contribution in [0.5, 0.6) is 0 Å². The summed E-state index contributed by atoms with van der Waals surface area (Å²) in [5, 5.41) is 18.5. The summed E-state index contributed by atoms with van der Waals surface area (Å²) in [7, 11) is 0. The topological polar surface area (TPSA) is 74.0 Å². The number of carbonyl (C=O) groups is 1. The van der Waals surface area contributed by atoms with E-state index in [-0.39, 0.29) is 11.8 Å². The van der Waals surface area contributed by atoms with Gasteiger partial charge in [-0.15, -0.1) is 0 Å². The number of halogens is 2. The van der Waals surface area contributed by atoms with Crippen LogP contribution in [0.2, 0.25) is 10.0 Å². The number of amides is 1. The van der Waals surface area contributed by atoms with Gasteiger partial charge in [-0.25, -0.2) is 0 Å². The average molecular weight is 428 g/mol. The first kappa shape index (κ1) is 19.6. The van der Waals surface area contributed by atoms with Gasteiger partial charge in [-0.05, 0) is 36.1 Å². The van der Waals surface area contributed by atoms with Crippen molar-refractivity contribution in [1.29, 1.82) is 5.26 Å². The van der Waals surface area contributed by atoms with Crippen LogP contribution in [0.15, 0.2) is 42.5 Å². The fraction of sp³-hybridized carbons (Fsp3) is 0.286. The van der Waals surface area contributed by atoms with E-state index in [4.69, 9.17) is 28.5 Å². The Bertz CT molecular complexity index is 1100. The van der Waals surface area contributed by atoms with Crippen LogP contribution in [0.4, 0.5) is 0 Å². The monoisotopic (exact) mass is 427 g/mol. The highest BCUT2D eigenvalue weighted by atomic mass is 35.5. The molecule has 3 aromatic rings. The Labute approximate surface area is 178 Å². The molecule has 1 atom stereocenters. The standard InChI is InChI=1S/C21H19Cl2N5O/c22-16-6-5-15(18(23)9-16)12-28-19-4-2-1-3-17(19)20(26-28)21(29)25-10-14-7-8-27(11-14)13-24/h1-6,9,14H,7-8,10-12H2,(H,25,29). The summed E-state index contributed by atoms with van der Waals surface area (Å²) < 4.78 is 1.78. The number of nitriles is 1. The normalized spacial score (nSPS) is 16.2. The molecule has 6 nitrogen and oxygen atoms in total. The summed E-state index contributed by atoms with van der Waals surface area (Å²) in [6, 6.07) is 13.0. The number of hydrogen-bond acceptors (Lipinski definition) is 4. The van der Waals surface area contributed by atoms with Gasteiger partial charge in [0.25, 0.3) is 5.91 Å². The third-order valence-corrected chi connectivity index (χ3v) is 5.77. The van der Waals surface area contributed by atoms with Crippen LogP contribution in [0.25, 0.3) is 10.9 Å². The van der Waals surface area contributed by atoms with Gasteiger partial charge in [-0.2, -0.15) is 10.4 Å². The number of fused-ring (bicyclic) bond motifs is 1. The van der Waals surface area contributed by atoms with E-state index >= 15 is 0 Å². The predicted octanol–water partition coefficient (Wildman–Crippen LogP) is 3.92. The van der Waals surface area contributed by atoms with Crippen LogP contribution in [0.3, 0.4) is 0 Å². The number of nitrogens with zero attached hydrogens (tertiary/aromatic N) is 4. The van der Waals surface area contributed by atoms with E-state index < -0.39 is 0 Å². The number of carbonyl (C=O) groups excluding carboxylic acids is 1. The Balaban J connectivity index is 1.55. The molecule has 148 valence electrons. The Hall–Kier alpha value is -2.75. The fourth-order valence-corrected chi connectivity index (χ4v) is 4.11. The maximum atomic E-state index is 12.8. The van der Waals surface area contributed by atoms with Gasteiger partial charge in [0.1, 0.15) is 0 Å². The van der Waals surface area contributed by atoms with Gasteiger partial charge >= 0.3 is 0 Å². The van der Waals surface area contributed by atoms with E-state index in [1.165, 1.54) is 0 Å². The molecule has 1 unspecified atom stereocenters. The molecule has 0 radical (unpaired) electrons. The van der Waals surface area contributed by atoms with Gasteiger partial charge in [-0.3, -0.25) is 9.48 Å². The molecule has 2 heterocycles. The second-order valence-corrected chi connectivity index (χ2v) is 8.01. The number of nitrogens with one attached hydrogen (secondary N) is 1. The second-order valence-electron chi connectivity index (χ2n) is 7.17. The number of rotatable bonds is 5. The molecule has 1 amide bonds. The van der Waals surface area contributed by atoms with Crippen molar-refractivity contribution < 1.29 is 4.79 Å². The summed E-state index contributed by atoms with van der Waals surface area (Å²) >= 11 is 12.3. The minimum absolute atomic E-state index is 0.211. The number of benzene rings is 2. The molecule has 8 heteroatoms. The van der Waals surface area contributed by atoms with Crippen LogP contribution in [-0.4, -0.2) is 40.2 Å². The smallest absolute Gasteiger partial charge is 0.272 e. The molecule has 1 aromatic heterocycles. The lowest BCUT2D eigenvalue weighted by Gasteiger charge is -2.10. The van der Waals surface area contributed by atoms with E-state index in [1.54, 1.807) is 21.7 Å². The van der Waals surface area contributed by atoms with E-state index in [9.17, 15) is 4.79 Å². The summed E-state index contributed by atoms with van der Waals surface area (Å²) in [4.78, 5) is 14.6. The van der Waals surface area contributed by atoms with Gasteiger partial charge in [0.15, 0.2) is 11.9 Å². The molecule has 0 bridgehead atoms. The van der Waals surface area contributed by atoms with E-state index in [0.717, 1.165) is 29.4 Å². The first-order valence-corrected chi connectivity index (χ1v) is 10.1. The molecule has 1 N–H and O–H groups in total. The van der Waals surface area contributed by atoms with Crippen molar-refractivity contribution in [3.63, 3.8) is 0 Å². The highest BCUT2D eigenvalue weighted by Gasteiger charge is 2.23. The van der Waals surface area contributed by atoms with Crippen molar-refractivity contribution >= 4 is 40.0 Å². The number of para-hydroxylation sites is 1. The SMILES string of the molecule is N#CN1CCC(CNC(=O)c2nn(Cc3ccc(Cl)cc3Cl)c3ccccc23)C1. The highest BCUT2D eigenvalue weighted by Crippen LogP contribution is 2.25. The molecular formula is C21H19Cl2N5O. The number of hydrogen-bond donors (Lipinski definition) is 1. The van der Waals surface area contributed by atoms with Gasteiger partial charge in [-0.1, -0.05) is 47.5 Å². The van der Waals surface area contributed by atoms with E-state index in [2.05, 4.69) is 16.6 Å². The first-order chi connectivity index (χ1) is 14.0. The average Bonchev–Trinajstić information content (AvgIpc) is 3.33. The molecule has 1 fully saturated rings. The van der Waals surface area contributed by atoms with Crippen LogP contribution in [0, 0.1) is 17.4 Å². The van der Waals surface area contributed by atoms with E-state index in [1.807, 2.05) is 30.3 Å². The molecule has 0 saturated carbocycles. The Kier molecular flexibility index (Phi) is 5.61. The predicted molar refractivity (Wildman–Crippen MR) is 113 cm³/mol. The van der Waals surface area contributed by atoms with Crippen molar-refractivity contribution in [2.24, 2.45) is 5.92 Å². The fourth-order valence-electron chi connectivity index (χ4n) is 3.64. The molecule has 1 aliphatic heterocycles. The highest BCUT2D eigenvalue weighted by molar-refractivity contribution is 6.35. The zero-order valence-electron chi connectivity index (χ0n) is 15.6. The van der Waals surface area contributed by atoms with Crippen molar-refractivity contribution in [2.75, 3.05) is 19.6 Å². The van der Waals surface area contributed by atoms with Crippen molar-refractivity contribution in [1.82, 2.24) is 20.0 Å². The Morgan fingerprint density at radius 2 is 2.10 bits per heavy atom. The van der Waals surface area contributed by atoms with Crippen LogP contribution < -0.4 is 5.32 Å². The second kappa shape index (κ2) is 8.32. The van der Waals surface area contributed by atoms with Gasteiger partial charge < -0.3 is 10.2 Å². The van der Waals surface area contributed by atoms with Crippen molar-refractivity contribution in [2.45, 2.75) is 13.0 Å². The summed E-state index contributed by atoms with van der Waals surface area (Å²) in [5.41, 5.74) is 2.12. The van der Waals surface area contributed by atoms with Gasteiger partial charge in [0, 0.05) is 35.1 Å². The quantitative estimate of drug-likeness (QED) is 0.626. The lowest BCUT2D eigenvalue weighted by molar-refractivity contribution is 0.0943. The summed E-state index contributed by atoms with van der Waals surface area (Å²) in [6.45, 7) is 2.39. The van der Waals surface area contributed by atoms with Crippen molar-refractivity contribution in [3.05, 3.63) is 63.8 Å². The first-order valence-electron chi connectivity index (χ1n) is 9.37. The molecule has 1 saturated heterocycles. The molecule has 4 rings (SSSR count). The number of likely N-dealkylation sites (tertiary alicyclic amines) is 1.